The zero-order chi connectivity index (χ0) is 18.8. The van der Waals surface area contributed by atoms with Crippen LogP contribution in [0.15, 0.2) is 42.5 Å². The van der Waals surface area contributed by atoms with Crippen LogP contribution in [0.3, 0.4) is 0 Å². The van der Waals surface area contributed by atoms with Gasteiger partial charge in [-0.1, -0.05) is 0 Å². The Balaban J connectivity index is 1.30. The van der Waals surface area contributed by atoms with Gasteiger partial charge in [-0.15, -0.1) is 0 Å². The van der Waals surface area contributed by atoms with Crippen LogP contribution < -0.4 is 24.8 Å². The highest BCUT2D eigenvalue weighted by molar-refractivity contribution is 6.03. The molecule has 140 valence electrons. The molecule has 2 atom stereocenters. The summed E-state index contributed by atoms with van der Waals surface area (Å²) in [7, 11) is 0. The minimum atomic E-state index is -0.321. The molecule has 2 aliphatic rings. The molecule has 0 saturated heterocycles. The number of hydrogen-bond acceptors (Lipinski definition) is 5. The van der Waals surface area contributed by atoms with E-state index in [2.05, 4.69) is 10.6 Å². The van der Waals surface area contributed by atoms with Gasteiger partial charge in [-0.3, -0.25) is 9.59 Å². The minimum Gasteiger partial charge on any atom is -0.494 e. The van der Waals surface area contributed by atoms with Gasteiger partial charge in [0.05, 0.1) is 18.4 Å². The van der Waals surface area contributed by atoms with Crippen molar-refractivity contribution in [2.45, 2.75) is 13.3 Å². The molecule has 2 unspecified atom stereocenters. The number of anilines is 2. The van der Waals surface area contributed by atoms with E-state index in [0.29, 0.717) is 35.9 Å². The van der Waals surface area contributed by atoms with Crippen molar-refractivity contribution in [3.05, 3.63) is 42.5 Å². The number of amides is 2. The first kappa shape index (κ1) is 17.2. The Labute approximate surface area is 156 Å². The first-order chi connectivity index (χ1) is 13.1. The van der Waals surface area contributed by atoms with Crippen LogP contribution in [0.5, 0.6) is 17.2 Å². The summed E-state index contributed by atoms with van der Waals surface area (Å²) in [6.45, 7) is 2.69. The van der Waals surface area contributed by atoms with Crippen molar-refractivity contribution in [2.75, 3.05) is 24.0 Å². The van der Waals surface area contributed by atoms with Crippen LogP contribution in [0.1, 0.15) is 13.3 Å². The van der Waals surface area contributed by atoms with Crippen molar-refractivity contribution in [1.29, 1.82) is 0 Å². The van der Waals surface area contributed by atoms with E-state index in [1.54, 1.807) is 42.5 Å². The lowest BCUT2D eigenvalue weighted by atomic mass is 10.2. The van der Waals surface area contributed by atoms with E-state index >= 15 is 0 Å². The second-order valence-electron chi connectivity index (χ2n) is 6.45. The normalized spacial score (nSPS) is 19.3. The van der Waals surface area contributed by atoms with Crippen molar-refractivity contribution < 1.29 is 23.8 Å². The van der Waals surface area contributed by atoms with Gasteiger partial charge in [0.15, 0.2) is 11.5 Å². The van der Waals surface area contributed by atoms with E-state index in [1.807, 2.05) is 6.92 Å². The second kappa shape index (κ2) is 7.19. The standard InChI is InChI=1S/C20H20N2O5/c1-2-25-14-6-3-12(4-7-14)21-19(23)15-10-16(15)20(24)22-13-5-8-17-18(9-13)27-11-26-17/h3-9,15-16H,2,10-11H2,1H3,(H,21,23)(H,22,24). The predicted molar refractivity (Wildman–Crippen MR) is 99.0 cm³/mol. The molecule has 2 N–H and O–H groups in total. The summed E-state index contributed by atoms with van der Waals surface area (Å²) in [5.74, 6) is 1.07. The maximum Gasteiger partial charge on any atom is 0.231 e. The molecule has 1 aliphatic heterocycles. The predicted octanol–water partition coefficient (Wildman–Crippen LogP) is 3.03. The zero-order valence-electron chi connectivity index (χ0n) is 14.9. The highest BCUT2D eigenvalue weighted by Crippen LogP contribution is 2.41. The topological polar surface area (TPSA) is 85.9 Å². The van der Waals surface area contributed by atoms with Gasteiger partial charge in [-0.2, -0.15) is 0 Å². The van der Waals surface area contributed by atoms with Gasteiger partial charge < -0.3 is 24.8 Å². The Kier molecular flexibility index (Phi) is 4.58. The van der Waals surface area contributed by atoms with E-state index in [4.69, 9.17) is 14.2 Å². The van der Waals surface area contributed by atoms with Crippen molar-refractivity contribution in [3.63, 3.8) is 0 Å². The Hall–Kier alpha value is -3.22. The van der Waals surface area contributed by atoms with E-state index in [1.165, 1.54) is 0 Å². The second-order valence-corrected chi connectivity index (χ2v) is 6.45. The molecule has 1 saturated carbocycles. The molecular formula is C20H20N2O5. The summed E-state index contributed by atoms with van der Waals surface area (Å²) in [5.41, 5.74) is 1.31. The van der Waals surface area contributed by atoms with E-state index < -0.39 is 0 Å². The number of benzene rings is 2. The molecule has 1 aliphatic carbocycles. The number of nitrogens with one attached hydrogen (secondary N) is 2. The lowest BCUT2D eigenvalue weighted by Gasteiger charge is -2.08. The maximum atomic E-state index is 12.4. The third-order valence-electron chi connectivity index (χ3n) is 4.54. The van der Waals surface area contributed by atoms with Gasteiger partial charge in [0.2, 0.25) is 18.6 Å². The van der Waals surface area contributed by atoms with Gasteiger partial charge in [-0.05, 0) is 49.7 Å². The van der Waals surface area contributed by atoms with Crippen molar-refractivity contribution in [1.82, 2.24) is 0 Å². The Morgan fingerprint density at radius 1 is 0.963 bits per heavy atom. The average molecular weight is 368 g/mol. The van der Waals surface area contributed by atoms with Gasteiger partial charge in [0.25, 0.3) is 0 Å². The van der Waals surface area contributed by atoms with Crippen molar-refractivity contribution >= 4 is 23.2 Å². The molecule has 1 heterocycles. The summed E-state index contributed by atoms with van der Waals surface area (Å²) in [6, 6.07) is 12.4. The molecule has 2 aromatic carbocycles. The van der Waals surface area contributed by atoms with E-state index in [9.17, 15) is 9.59 Å². The van der Waals surface area contributed by atoms with E-state index in [-0.39, 0.29) is 30.4 Å². The van der Waals surface area contributed by atoms with E-state index in [0.717, 1.165) is 5.75 Å². The molecule has 2 aromatic rings. The fourth-order valence-corrected chi connectivity index (χ4v) is 3.02. The van der Waals surface area contributed by atoms with Gasteiger partial charge in [0.1, 0.15) is 5.75 Å². The number of rotatable bonds is 6. The molecule has 0 bridgehead atoms. The summed E-state index contributed by atoms with van der Waals surface area (Å²) < 4.78 is 15.9. The van der Waals surface area contributed by atoms with Crippen LogP contribution in [-0.2, 0) is 9.59 Å². The molecule has 4 rings (SSSR count). The minimum absolute atomic E-state index is 0.148. The highest BCUT2D eigenvalue weighted by atomic mass is 16.7. The summed E-state index contributed by atoms with van der Waals surface area (Å²) in [4.78, 5) is 24.7. The lowest BCUT2D eigenvalue weighted by Crippen LogP contribution is -2.20. The average Bonchev–Trinajstić information content (AvgIpc) is 3.35. The third kappa shape index (κ3) is 3.81. The molecule has 1 fully saturated rings. The Bertz CT molecular complexity index is 865. The molecule has 2 amide bonds. The van der Waals surface area contributed by atoms with Crippen LogP contribution in [0.2, 0.25) is 0 Å². The number of ether oxygens (including phenoxy) is 3. The number of carbonyl (C=O) groups is 2. The smallest absolute Gasteiger partial charge is 0.231 e. The molecular weight excluding hydrogens is 348 g/mol. The van der Waals surface area contributed by atoms with Crippen LogP contribution in [0.25, 0.3) is 0 Å². The van der Waals surface area contributed by atoms with Gasteiger partial charge >= 0.3 is 0 Å². The molecule has 0 aromatic heterocycles. The number of fused-ring (bicyclic) bond motifs is 1. The summed E-state index contributed by atoms with van der Waals surface area (Å²) in [5, 5.41) is 5.68. The monoisotopic (exact) mass is 368 g/mol. The third-order valence-corrected chi connectivity index (χ3v) is 4.54. The molecule has 7 nitrogen and oxygen atoms in total. The fourth-order valence-electron chi connectivity index (χ4n) is 3.02. The largest absolute Gasteiger partial charge is 0.494 e. The lowest BCUT2D eigenvalue weighted by molar-refractivity contribution is -0.122. The van der Waals surface area contributed by atoms with Crippen LogP contribution in [0.4, 0.5) is 11.4 Å². The van der Waals surface area contributed by atoms with Crippen LogP contribution in [-0.4, -0.2) is 25.2 Å². The van der Waals surface area contributed by atoms with Gasteiger partial charge in [-0.25, -0.2) is 0 Å². The van der Waals surface area contributed by atoms with Crippen LogP contribution >= 0.6 is 0 Å². The molecule has 7 heteroatoms. The SMILES string of the molecule is CCOc1ccc(NC(=O)C2CC2C(=O)Nc2ccc3c(c2)OCO3)cc1. The van der Waals surface area contributed by atoms with Crippen LogP contribution in [0, 0.1) is 11.8 Å². The first-order valence-corrected chi connectivity index (χ1v) is 8.88. The maximum absolute atomic E-state index is 12.4. The Morgan fingerprint density at radius 2 is 1.59 bits per heavy atom. The first-order valence-electron chi connectivity index (χ1n) is 8.88. The Morgan fingerprint density at radius 3 is 2.30 bits per heavy atom. The molecule has 0 radical (unpaired) electrons. The highest BCUT2D eigenvalue weighted by Gasteiger charge is 2.48. The fraction of sp³-hybridized carbons (Fsp3) is 0.300. The molecule has 0 spiro atoms. The zero-order valence-corrected chi connectivity index (χ0v) is 14.9. The van der Waals surface area contributed by atoms with Crippen molar-refractivity contribution in [3.8, 4) is 17.2 Å². The van der Waals surface area contributed by atoms with Crippen molar-refractivity contribution in [2.24, 2.45) is 11.8 Å². The number of carbonyl (C=O) groups excluding carboxylic acids is 2. The molecule has 27 heavy (non-hydrogen) atoms. The summed E-state index contributed by atoms with van der Waals surface area (Å²) >= 11 is 0. The number of hydrogen-bond donors (Lipinski definition) is 2. The quantitative estimate of drug-likeness (QED) is 0.819. The van der Waals surface area contributed by atoms with Gasteiger partial charge in [0, 0.05) is 17.4 Å². The summed E-state index contributed by atoms with van der Waals surface area (Å²) in [6.07, 6.45) is 0.541.